The topological polar surface area (TPSA) is 47.3 Å². The lowest BCUT2D eigenvalue weighted by Crippen LogP contribution is -2.18. The van der Waals surface area contributed by atoms with Crippen LogP contribution in [0.3, 0.4) is 0 Å². The number of hydrogen-bond donors (Lipinski definition) is 1. The fraction of sp³-hybridized carbons (Fsp3) is 0.357. The zero-order valence-electron chi connectivity index (χ0n) is 10.9. The molecule has 4 heteroatoms. The highest BCUT2D eigenvalue weighted by atomic mass is 16.5. The van der Waals surface area contributed by atoms with Crippen molar-refractivity contribution in [2.45, 2.75) is 26.4 Å². The van der Waals surface area contributed by atoms with Crippen LogP contribution in [-0.2, 0) is 6.54 Å². The summed E-state index contributed by atoms with van der Waals surface area (Å²) >= 11 is 0. The molecule has 96 valence electrons. The van der Waals surface area contributed by atoms with Gasteiger partial charge in [0.1, 0.15) is 11.5 Å². The van der Waals surface area contributed by atoms with Crippen LogP contribution in [0.4, 0.5) is 0 Å². The molecule has 2 aromatic rings. The molecular formula is C14H18N2O2. The molecule has 1 unspecified atom stereocenters. The van der Waals surface area contributed by atoms with Gasteiger partial charge in [-0.3, -0.25) is 0 Å². The predicted octanol–water partition coefficient (Wildman–Crippen LogP) is 2.84. The van der Waals surface area contributed by atoms with Crippen molar-refractivity contribution in [2.75, 3.05) is 7.11 Å². The third-order valence-corrected chi connectivity index (χ3v) is 2.78. The summed E-state index contributed by atoms with van der Waals surface area (Å²) < 4.78 is 10.6. The maximum Gasteiger partial charge on any atom is 0.211 e. The molecule has 0 saturated carbocycles. The summed E-state index contributed by atoms with van der Waals surface area (Å²) in [6, 6.07) is 8.09. The summed E-state index contributed by atoms with van der Waals surface area (Å²) in [7, 11) is 1.67. The molecule has 0 spiro atoms. The highest BCUT2D eigenvalue weighted by Crippen LogP contribution is 2.14. The van der Waals surface area contributed by atoms with Gasteiger partial charge in [-0.05, 0) is 31.5 Å². The van der Waals surface area contributed by atoms with Gasteiger partial charge >= 0.3 is 0 Å². The first-order valence-electron chi connectivity index (χ1n) is 5.97. The van der Waals surface area contributed by atoms with E-state index >= 15 is 0 Å². The number of nitrogens with zero attached hydrogens (tertiary/aromatic N) is 1. The van der Waals surface area contributed by atoms with Crippen molar-refractivity contribution < 1.29 is 9.15 Å². The van der Waals surface area contributed by atoms with E-state index in [9.17, 15) is 0 Å². The summed E-state index contributed by atoms with van der Waals surface area (Å²) in [5.41, 5.74) is 1.20. The van der Waals surface area contributed by atoms with Gasteiger partial charge in [-0.25, -0.2) is 4.98 Å². The van der Waals surface area contributed by atoms with Gasteiger partial charge in [0.15, 0.2) is 0 Å². The van der Waals surface area contributed by atoms with E-state index in [4.69, 9.17) is 9.15 Å². The Hall–Kier alpha value is -1.81. The quantitative estimate of drug-likeness (QED) is 0.881. The minimum atomic E-state index is 0.0980. The fourth-order valence-electron chi connectivity index (χ4n) is 1.67. The van der Waals surface area contributed by atoms with Crippen molar-refractivity contribution in [3.63, 3.8) is 0 Å². The summed E-state index contributed by atoms with van der Waals surface area (Å²) in [4.78, 5) is 4.21. The third-order valence-electron chi connectivity index (χ3n) is 2.78. The first-order chi connectivity index (χ1) is 8.69. The molecule has 2 rings (SSSR count). The number of nitrogens with one attached hydrogen (secondary N) is 1. The molecule has 0 bridgehead atoms. The van der Waals surface area contributed by atoms with E-state index in [1.165, 1.54) is 5.56 Å². The summed E-state index contributed by atoms with van der Waals surface area (Å²) in [5.74, 6) is 2.43. The SMILES string of the molecule is COc1ccc(CNC(C)c2ncc(C)o2)cc1. The van der Waals surface area contributed by atoms with Crippen molar-refractivity contribution in [1.29, 1.82) is 0 Å². The Labute approximate surface area is 107 Å². The Kier molecular flexibility index (Phi) is 3.99. The Morgan fingerprint density at radius 2 is 2.06 bits per heavy atom. The molecule has 0 aliphatic rings. The number of rotatable bonds is 5. The molecule has 4 nitrogen and oxygen atoms in total. The van der Waals surface area contributed by atoms with Crippen LogP contribution < -0.4 is 10.1 Å². The summed E-state index contributed by atoms with van der Waals surface area (Å²) in [6.07, 6.45) is 1.74. The minimum Gasteiger partial charge on any atom is -0.497 e. The van der Waals surface area contributed by atoms with E-state index in [2.05, 4.69) is 10.3 Å². The Bertz CT molecular complexity index is 491. The lowest BCUT2D eigenvalue weighted by Gasteiger charge is -2.10. The molecule has 0 radical (unpaired) electrons. The third kappa shape index (κ3) is 3.11. The molecule has 1 N–H and O–H groups in total. The van der Waals surface area contributed by atoms with E-state index < -0.39 is 0 Å². The molecule has 18 heavy (non-hydrogen) atoms. The first-order valence-corrected chi connectivity index (χ1v) is 5.97. The van der Waals surface area contributed by atoms with E-state index in [-0.39, 0.29) is 6.04 Å². The van der Waals surface area contributed by atoms with Gasteiger partial charge in [-0.2, -0.15) is 0 Å². The maximum atomic E-state index is 5.48. The van der Waals surface area contributed by atoms with Crippen molar-refractivity contribution in [1.82, 2.24) is 10.3 Å². The zero-order chi connectivity index (χ0) is 13.0. The number of ether oxygens (including phenoxy) is 1. The molecule has 0 saturated heterocycles. The van der Waals surface area contributed by atoms with Crippen molar-refractivity contribution in [2.24, 2.45) is 0 Å². The first kappa shape index (κ1) is 12.6. The van der Waals surface area contributed by atoms with Gasteiger partial charge in [-0.15, -0.1) is 0 Å². The molecular weight excluding hydrogens is 228 g/mol. The number of oxazole rings is 1. The standard InChI is InChI=1S/C14H18N2O2/c1-10-8-16-14(18-10)11(2)15-9-12-4-6-13(17-3)7-5-12/h4-8,11,15H,9H2,1-3H3. The molecule has 0 aliphatic carbocycles. The average molecular weight is 246 g/mol. The van der Waals surface area contributed by atoms with Gasteiger partial charge in [0, 0.05) is 6.54 Å². The second-order valence-electron chi connectivity index (χ2n) is 4.26. The van der Waals surface area contributed by atoms with Crippen LogP contribution in [-0.4, -0.2) is 12.1 Å². The van der Waals surface area contributed by atoms with Crippen LogP contribution in [0.2, 0.25) is 0 Å². The van der Waals surface area contributed by atoms with Crippen LogP contribution in [0.15, 0.2) is 34.9 Å². The van der Waals surface area contributed by atoms with Crippen molar-refractivity contribution in [3.8, 4) is 5.75 Å². The number of aromatic nitrogens is 1. The maximum absolute atomic E-state index is 5.48. The van der Waals surface area contributed by atoms with Crippen LogP contribution in [0.5, 0.6) is 5.75 Å². The van der Waals surface area contributed by atoms with Crippen LogP contribution in [0.25, 0.3) is 0 Å². The lowest BCUT2D eigenvalue weighted by molar-refractivity contribution is 0.401. The summed E-state index contributed by atoms with van der Waals surface area (Å²) in [6.45, 7) is 4.70. The highest BCUT2D eigenvalue weighted by Gasteiger charge is 2.10. The monoisotopic (exact) mass is 246 g/mol. The number of aryl methyl sites for hydroxylation is 1. The molecule has 0 fully saturated rings. The number of benzene rings is 1. The van der Waals surface area contributed by atoms with Gasteiger partial charge in [-0.1, -0.05) is 12.1 Å². The molecule has 0 amide bonds. The smallest absolute Gasteiger partial charge is 0.211 e. The highest BCUT2D eigenvalue weighted by molar-refractivity contribution is 5.27. The second-order valence-corrected chi connectivity index (χ2v) is 4.26. The van der Waals surface area contributed by atoms with Crippen molar-refractivity contribution in [3.05, 3.63) is 47.7 Å². The Morgan fingerprint density at radius 3 is 2.61 bits per heavy atom. The summed E-state index contributed by atoms with van der Waals surface area (Å²) in [5, 5.41) is 3.37. The van der Waals surface area contributed by atoms with Crippen LogP contribution >= 0.6 is 0 Å². The van der Waals surface area contributed by atoms with Gasteiger partial charge in [0.05, 0.1) is 19.3 Å². The molecule has 0 aliphatic heterocycles. The largest absolute Gasteiger partial charge is 0.497 e. The van der Waals surface area contributed by atoms with E-state index in [1.807, 2.05) is 38.1 Å². The van der Waals surface area contributed by atoms with Crippen LogP contribution in [0, 0.1) is 6.92 Å². The van der Waals surface area contributed by atoms with Crippen molar-refractivity contribution >= 4 is 0 Å². The van der Waals surface area contributed by atoms with Gasteiger partial charge in [0.2, 0.25) is 5.89 Å². The fourth-order valence-corrected chi connectivity index (χ4v) is 1.67. The Balaban J connectivity index is 1.90. The van der Waals surface area contributed by atoms with Crippen LogP contribution in [0.1, 0.15) is 30.2 Å². The average Bonchev–Trinajstić information content (AvgIpc) is 2.83. The second kappa shape index (κ2) is 5.69. The zero-order valence-corrected chi connectivity index (χ0v) is 10.9. The Morgan fingerprint density at radius 1 is 1.33 bits per heavy atom. The normalized spacial score (nSPS) is 12.4. The van der Waals surface area contributed by atoms with Gasteiger partial charge in [0.25, 0.3) is 0 Å². The van der Waals surface area contributed by atoms with E-state index in [0.717, 1.165) is 23.9 Å². The predicted molar refractivity (Wildman–Crippen MR) is 69.5 cm³/mol. The lowest BCUT2D eigenvalue weighted by atomic mass is 10.2. The number of hydrogen-bond acceptors (Lipinski definition) is 4. The minimum absolute atomic E-state index is 0.0980. The molecule has 1 aromatic heterocycles. The molecule has 1 atom stereocenters. The van der Waals surface area contributed by atoms with E-state index in [0.29, 0.717) is 0 Å². The van der Waals surface area contributed by atoms with Gasteiger partial charge < -0.3 is 14.5 Å². The molecule has 1 heterocycles. The number of methoxy groups -OCH3 is 1. The van der Waals surface area contributed by atoms with E-state index in [1.54, 1.807) is 13.3 Å². The molecule has 1 aromatic carbocycles.